The van der Waals surface area contributed by atoms with Crippen molar-refractivity contribution >= 4 is 47.1 Å². The van der Waals surface area contributed by atoms with Crippen molar-refractivity contribution in [1.29, 1.82) is 0 Å². The lowest BCUT2D eigenvalue weighted by Crippen LogP contribution is -2.35. The first-order chi connectivity index (χ1) is 22.5. The summed E-state index contributed by atoms with van der Waals surface area (Å²) in [5, 5.41) is 17.2. The van der Waals surface area contributed by atoms with Gasteiger partial charge in [0.15, 0.2) is 0 Å². The van der Waals surface area contributed by atoms with E-state index in [9.17, 15) is 4.79 Å². The molecule has 0 spiro atoms. The molecule has 0 radical (unpaired) electrons. The number of hydrogen-bond donors (Lipinski definition) is 2. The SMILES string of the molecule is CC.CC.CC(=O)O.CC=O.CCc1ccc(Cc2cc(C3CC(OC)CC(COC(C)=O)O3)c3ccccc3c2Cl)cc1.O=CO. The van der Waals surface area contributed by atoms with Gasteiger partial charge in [0.1, 0.15) is 12.9 Å². The third kappa shape index (κ3) is 17.6. The van der Waals surface area contributed by atoms with Crippen LogP contribution in [0, 0.1) is 0 Å². The minimum atomic E-state index is -0.833. The van der Waals surface area contributed by atoms with E-state index in [0.29, 0.717) is 6.42 Å². The summed E-state index contributed by atoms with van der Waals surface area (Å²) in [7, 11) is 1.72. The number of aldehydes is 1. The number of ether oxygens (including phenoxy) is 3. The van der Waals surface area contributed by atoms with Crippen LogP contribution in [0.25, 0.3) is 10.8 Å². The second-order valence-corrected chi connectivity index (χ2v) is 9.95. The standard InChI is InChI=1S/C28H31ClO4.C2H4O2.C2H4O.2C2H6.CH2O2/c1-4-19-9-11-20(12-10-19)13-21-14-26(24-7-5-6-8-25(24)28(21)29)27-16-22(31-3)15-23(33-27)17-32-18(2)30;1-2(3)4;1-2-3;2*1-2;2-1-3/h5-12,14,22-23,27H,4,13,15-17H2,1-3H3;1H3,(H,3,4);2H,1H3;2*1-2H3;1H,(H,2,3). The third-order valence-electron chi connectivity index (χ3n) is 6.42. The first-order valence-corrected chi connectivity index (χ1v) is 16.2. The predicted molar refractivity (Wildman–Crippen MR) is 188 cm³/mol. The minimum Gasteiger partial charge on any atom is -0.483 e. The number of carboxylic acids is 1. The van der Waals surface area contributed by atoms with Crippen LogP contribution < -0.4 is 0 Å². The summed E-state index contributed by atoms with van der Waals surface area (Å²) < 4.78 is 17.4. The fourth-order valence-electron chi connectivity index (χ4n) is 4.62. The van der Waals surface area contributed by atoms with Crippen molar-refractivity contribution in [2.75, 3.05) is 13.7 Å². The molecule has 0 amide bonds. The summed E-state index contributed by atoms with van der Waals surface area (Å²) in [4.78, 5) is 37.5. The molecule has 1 aliphatic rings. The van der Waals surface area contributed by atoms with E-state index in [-0.39, 0.29) is 37.4 Å². The highest BCUT2D eigenvalue weighted by Crippen LogP contribution is 2.40. The zero-order valence-electron chi connectivity index (χ0n) is 29.2. The van der Waals surface area contributed by atoms with Crippen LogP contribution in [-0.2, 0) is 46.2 Å². The van der Waals surface area contributed by atoms with Crippen LogP contribution in [0.2, 0.25) is 5.02 Å². The molecule has 1 heterocycles. The van der Waals surface area contributed by atoms with Gasteiger partial charge < -0.3 is 29.2 Å². The van der Waals surface area contributed by atoms with E-state index < -0.39 is 5.97 Å². The maximum atomic E-state index is 11.3. The van der Waals surface area contributed by atoms with Gasteiger partial charge in [-0.15, -0.1) is 0 Å². The molecule has 47 heavy (non-hydrogen) atoms. The van der Waals surface area contributed by atoms with E-state index in [0.717, 1.165) is 59.4 Å². The van der Waals surface area contributed by atoms with Crippen molar-refractivity contribution < 1.29 is 43.6 Å². The Labute approximate surface area is 285 Å². The van der Waals surface area contributed by atoms with Gasteiger partial charge in [-0.25, -0.2) is 0 Å². The average molecular weight is 677 g/mol. The number of benzene rings is 3. The number of carbonyl (C=O) groups is 4. The maximum absolute atomic E-state index is 11.3. The van der Waals surface area contributed by atoms with Gasteiger partial charge >= 0.3 is 5.97 Å². The van der Waals surface area contributed by atoms with Gasteiger partial charge in [0, 0.05) is 39.2 Å². The molecule has 3 unspecified atom stereocenters. The monoisotopic (exact) mass is 676 g/mol. The molecule has 2 N–H and O–H groups in total. The number of fused-ring (bicyclic) bond motifs is 1. The van der Waals surface area contributed by atoms with Crippen LogP contribution in [0.5, 0.6) is 0 Å². The van der Waals surface area contributed by atoms with Crippen LogP contribution in [0.15, 0.2) is 54.6 Å². The molecule has 0 aromatic heterocycles. The van der Waals surface area contributed by atoms with Crippen LogP contribution >= 0.6 is 11.6 Å². The summed E-state index contributed by atoms with van der Waals surface area (Å²) in [5.74, 6) is -1.14. The van der Waals surface area contributed by atoms with Crippen LogP contribution in [0.4, 0.5) is 0 Å². The summed E-state index contributed by atoms with van der Waals surface area (Å²) in [6.45, 7) is 14.1. The van der Waals surface area contributed by atoms with Gasteiger partial charge in [0.05, 0.1) is 23.3 Å². The van der Waals surface area contributed by atoms with E-state index in [1.807, 2.05) is 39.8 Å². The van der Waals surface area contributed by atoms with E-state index >= 15 is 0 Å². The number of esters is 1. The average Bonchev–Trinajstić information content (AvgIpc) is 3.07. The van der Waals surface area contributed by atoms with Crippen LogP contribution in [0.3, 0.4) is 0 Å². The molecular formula is C37H53ClO9. The number of rotatable bonds is 7. The molecule has 3 aromatic carbocycles. The van der Waals surface area contributed by atoms with Gasteiger partial charge in [-0.2, -0.15) is 0 Å². The van der Waals surface area contributed by atoms with Crippen molar-refractivity contribution in [3.63, 3.8) is 0 Å². The molecule has 0 bridgehead atoms. The van der Waals surface area contributed by atoms with Crippen molar-refractivity contribution in [2.45, 2.75) is 99.4 Å². The maximum Gasteiger partial charge on any atom is 0.302 e. The highest BCUT2D eigenvalue weighted by molar-refractivity contribution is 6.36. The summed E-state index contributed by atoms with van der Waals surface area (Å²) in [6, 6.07) is 19.1. The zero-order valence-corrected chi connectivity index (χ0v) is 30.0. The number of hydrogen-bond acceptors (Lipinski definition) is 7. The molecule has 10 heteroatoms. The predicted octanol–water partition coefficient (Wildman–Crippen LogP) is 8.49. The number of methoxy groups -OCH3 is 1. The largest absolute Gasteiger partial charge is 0.483 e. The lowest BCUT2D eigenvalue weighted by Gasteiger charge is -2.35. The Morgan fingerprint density at radius 1 is 0.957 bits per heavy atom. The summed E-state index contributed by atoms with van der Waals surface area (Å²) >= 11 is 6.91. The Morgan fingerprint density at radius 3 is 1.91 bits per heavy atom. The fraction of sp³-hybridized carbons (Fsp3) is 0.459. The number of aryl methyl sites for hydroxylation is 1. The summed E-state index contributed by atoms with van der Waals surface area (Å²) in [5.41, 5.74) is 4.73. The van der Waals surface area contributed by atoms with Gasteiger partial charge in [-0.3, -0.25) is 14.4 Å². The number of aliphatic carboxylic acids is 1. The lowest BCUT2D eigenvalue weighted by atomic mass is 9.89. The normalized spacial score (nSPS) is 15.8. The molecule has 1 aliphatic heterocycles. The van der Waals surface area contributed by atoms with Crippen LogP contribution in [0.1, 0.15) is 96.6 Å². The summed E-state index contributed by atoms with van der Waals surface area (Å²) in [6.07, 6.45) is 3.60. The topological polar surface area (TPSA) is 136 Å². The molecule has 9 nitrogen and oxygen atoms in total. The fourth-order valence-corrected chi connectivity index (χ4v) is 4.90. The third-order valence-corrected chi connectivity index (χ3v) is 6.87. The Balaban J connectivity index is 0. The molecule has 262 valence electrons. The zero-order chi connectivity index (χ0) is 36.4. The van der Waals surface area contributed by atoms with Gasteiger partial charge in [0.25, 0.3) is 12.4 Å². The van der Waals surface area contributed by atoms with Gasteiger partial charge in [0.2, 0.25) is 0 Å². The van der Waals surface area contributed by atoms with E-state index in [4.69, 9.17) is 50.4 Å². The van der Waals surface area contributed by atoms with Crippen molar-refractivity contribution in [1.82, 2.24) is 0 Å². The Hall–Kier alpha value is -3.79. The highest BCUT2D eigenvalue weighted by Gasteiger charge is 2.32. The van der Waals surface area contributed by atoms with Gasteiger partial charge in [-0.1, -0.05) is 101 Å². The molecule has 4 rings (SSSR count). The number of halogens is 1. The molecule has 3 aromatic rings. The quantitative estimate of drug-likeness (QED) is 0.186. The second kappa shape index (κ2) is 27.3. The van der Waals surface area contributed by atoms with Crippen LogP contribution in [-0.4, -0.2) is 60.8 Å². The molecular weight excluding hydrogens is 624 g/mol. The molecule has 1 fully saturated rings. The molecule has 0 aliphatic carbocycles. The number of carboxylic acid groups (broad SMARTS) is 2. The van der Waals surface area contributed by atoms with E-state index in [1.54, 1.807) is 7.11 Å². The van der Waals surface area contributed by atoms with Crippen molar-refractivity contribution in [3.05, 3.63) is 81.9 Å². The Morgan fingerprint density at radius 2 is 1.45 bits per heavy atom. The first-order valence-electron chi connectivity index (χ1n) is 15.8. The lowest BCUT2D eigenvalue weighted by molar-refractivity contribution is -0.157. The first kappa shape index (κ1) is 45.3. The van der Waals surface area contributed by atoms with Crippen molar-refractivity contribution in [3.8, 4) is 0 Å². The Kier molecular flexibility index (Phi) is 26.4. The second-order valence-electron chi connectivity index (χ2n) is 9.57. The minimum absolute atomic E-state index is 0.0313. The molecule has 3 atom stereocenters. The smallest absolute Gasteiger partial charge is 0.302 e. The Bertz CT molecular complexity index is 1300. The highest BCUT2D eigenvalue weighted by atomic mass is 35.5. The van der Waals surface area contributed by atoms with E-state index in [1.165, 1.54) is 25.0 Å². The van der Waals surface area contributed by atoms with E-state index in [2.05, 4.69) is 49.4 Å². The molecule has 1 saturated heterocycles. The van der Waals surface area contributed by atoms with Gasteiger partial charge in [-0.05, 0) is 47.4 Å². The van der Waals surface area contributed by atoms with Crippen molar-refractivity contribution in [2.24, 2.45) is 0 Å². The molecule has 0 saturated carbocycles. The number of carbonyl (C=O) groups excluding carboxylic acids is 2.